The third kappa shape index (κ3) is 4.89. The molecule has 0 aliphatic carbocycles. The third-order valence-corrected chi connectivity index (χ3v) is 4.67. The molecule has 4 nitrogen and oxygen atoms in total. The second-order valence-electron chi connectivity index (χ2n) is 6.02. The molecule has 0 aliphatic rings. The van der Waals surface area contributed by atoms with Crippen LogP contribution in [-0.2, 0) is 17.8 Å². The summed E-state index contributed by atoms with van der Waals surface area (Å²) in [6.07, 6.45) is 0.136. The molecule has 0 saturated heterocycles. The van der Waals surface area contributed by atoms with E-state index in [0.29, 0.717) is 18.0 Å². The van der Waals surface area contributed by atoms with Crippen LogP contribution in [-0.4, -0.2) is 10.9 Å². The molecule has 0 aliphatic heterocycles. The van der Waals surface area contributed by atoms with Crippen molar-refractivity contribution in [2.45, 2.75) is 26.9 Å². The van der Waals surface area contributed by atoms with E-state index in [9.17, 15) is 9.18 Å². The summed E-state index contributed by atoms with van der Waals surface area (Å²) >= 11 is 1.45. The number of ether oxygens (including phenoxy) is 1. The Morgan fingerprint density at radius 3 is 2.73 bits per heavy atom. The van der Waals surface area contributed by atoms with Crippen molar-refractivity contribution in [3.63, 3.8) is 0 Å². The molecule has 1 N–H and O–H groups in total. The van der Waals surface area contributed by atoms with Crippen LogP contribution in [0.2, 0.25) is 0 Å². The fraction of sp³-hybridized carbons (Fsp3) is 0.200. The Morgan fingerprint density at radius 2 is 1.96 bits per heavy atom. The van der Waals surface area contributed by atoms with Gasteiger partial charge in [0.05, 0.1) is 12.1 Å². The molecule has 1 aromatic heterocycles. The Balaban J connectivity index is 1.55. The zero-order chi connectivity index (χ0) is 18.5. The summed E-state index contributed by atoms with van der Waals surface area (Å²) in [5.74, 6) is 0.178. The van der Waals surface area contributed by atoms with Gasteiger partial charge in [-0.15, -0.1) is 11.3 Å². The van der Waals surface area contributed by atoms with Gasteiger partial charge in [-0.25, -0.2) is 9.37 Å². The van der Waals surface area contributed by atoms with Gasteiger partial charge in [0.1, 0.15) is 23.2 Å². The van der Waals surface area contributed by atoms with E-state index in [1.165, 1.54) is 29.0 Å². The van der Waals surface area contributed by atoms with E-state index in [2.05, 4.69) is 10.3 Å². The highest BCUT2D eigenvalue weighted by Gasteiger charge is 2.10. The average Bonchev–Trinajstić information content (AvgIpc) is 3.05. The maximum Gasteiger partial charge on any atom is 0.230 e. The normalized spacial score (nSPS) is 10.6. The van der Waals surface area contributed by atoms with Gasteiger partial charge in [-0.2, -0.15) is 0 Å². The predicted molar refractivity (Wildman–Crippen MR) is 101 cm³/mol. The molecule has 6 heteroatoms. The number of hydrogen-bond acceptors (Lipinski definition) is 4. The highest BCUT2D eigenvalue weighted by molar-refractivity contribution is 7.09. The van der Waals surface area contributed by atoms with Crippen molar-refractivity contribution in [1.82, 2.24) is 4.98 Å². The first-order valence-electron chi connectivity index (χ1n) is 8.18. The summed E-state index contributed by atoms with van der Waals surface area (Å²) in [5.41, 5.74) is 3.14. The summed E-state index contributed by atoms with van der Waals surface area (Å²) in [5, 5.41) is 5.37. The smallest absolute Gasteiger partial charge is 0.230 e. The summed E-state index contributed by atoms with van der Waals surface area (Å²) in [4.78, 5) is 16.6. The molecular formula is C20H19FN2O2S. The molecule has 0 radical (unpaired) electrons. The van der Waals surface area contributed by atoms with Crippen LogP contribution < -0.4 is 10.1 Å². The number of amides is 1. The molecule has 3 rings (SSSR count). The number of nitrogens with one attached hydrogen (secondary N) is 1. The number of nitrogens with zero attached hydrogens (tertiary/aromatic N) is 1. The van der Waals surface area contributed by atoms with Gasteiger partial charge < -0.3 is 10.1 Å². The second-order valence-corrected chi connectivity index (χ2v) is 6.96. The first kappa shape index (κ1) is 18.1. The van der Waals surface area contributed by atoms with Crippen LogP contribution in [0.3, 0.4) is 0 Å². The summed E-state index contributed by atoms with van der Waals surface area (Å²) in [6, 6.07) is 12.1. The molecule has 2 aromatic carbocycles. The van der Waals surface area contributed by atoms with E-state index in [1.54, 1.807) is 6.07 Å². The molecule has 0 bridgehead atoms. The minimum absolute atomic E-state index is 0.136. The Labute approximate surface area is 155 Å². The predicted octanol–water partition coefficient (Wildman–Crippen LogP) is 4.66. The van der Waals surface area contributed by atoms with Gasteiger partial charge in [-0.1, -0.05) is 23.8 Å². The van der Waals surface area contributed by atoms with Gasteiger partial charge in [-0.3, -0.25) is 4.79 Å². The van der Waals surface area contributed by atoms with E-state index in [-0.39, 0.29) is 18.1 Å². The number of anilines is 1. The first-order chi connectivity index (χ1) is 12.5. The number of carbonyl (C=O) groups is 1. The van der Waals surface area contributed by atoms with Crippen LogP contribution in [0.5, 0.6) is 5.75 Å². The lowest BCUT2D eigenvalue weighted by Gasteiger charge is -2.07. The van der Waals surface area contributed by atoms with Crippen LogP contribution in [0.4, 0.5) is 10.1 Å². The minimum atomic E-state index is -0.380. The van der Waals surface area contributed by atoms with Gasteiger partial charge in [-0.05, 0) is 43.7 Å². The zero-order valence-corrected chi connectivity index (χ0v) is 15.4. The SMILES string of the molecule is Cc1ccc(OCc2nc(CC(=O)Nc3cc(F)ccc3C)cs2)cc1. The number of halogens is 1. The van der Waals surface area contributed by atoms with Crippen molar-refractivity contribution in [2.24, 2.45) is 0 Å². The number of rotatable bonds is 6. The molecule has 0 spiro atoms. The molecule has 0 atom stereocenters. The van der Waals surface area contributed by atoms with Gasteiger partial charge in [0, 0.05) is 11.1 Å². The zero-order valence-electron chi connectivity index (χ0n) is 14.6. The largest absolute Gasteiger partial charge is 0.486 e. The van der Waals surface area contributed by atoms with Crippen molar-refractivity contribution in [3.05, 3.63) is 75.5 Å². The van der Waals surface area contributed by atoms with Crippen LogP contribution in [0.15, 0.2) is 47.8 Å². The molecule has 134 valence electrons. The minimum Gasteiger partial charge on any atom is -0.486 e. The quantitative estimate of drug-likeness (QED) is 0.687. The molecule has 1 heterocycles. The van der Waals surface area contributed by atoms with E-state index < -0.39 is 0 Å². The molecule has 3 aromatic rings. The molecular weight excluding hydrogens is 351 g/mol. The molecule has 0 fully saturated rings. The van der Waals surface area contributed by atoms with E-state index in [0.717, 1.165) is 16.3 Å². The fourth-order valence-corrected chi connectivity index (χ4v) is 3.07. The van der Waals surface area contributed by atoms with Crippen molar-refractivity contribution in [3.8, 4) is 5.75 Å². The first-order valence-corrected chi connectivity index (χ1v) is 9.06. The summed E-state index contributed by atoms with van der Waals surface area (Å²) in [7, 11) is 0. The van der Waals surface area contributed by atoms with Crippen LogP contribution in [0, 0.1) is 19.7 Å². The number of hydrogen-bond donors (Lipinski definition) is 1. The van der Waals surface area contributed by atoms with Gasteiger partial charge in [0.15, 0.2) is 0 Å². The monoisotopic (exact) mass is 370 g/mol. The highest BCUT2D eigenvalue weighted by atomic mass is 32.1. The number of benzene rings is 2. The lowest BCUT2D eigenvalue weighted by molar-refractivity contribution is -0.115. The molecule has 0 saturated carbocycles. The standard InChI is InChI=1S/C20H19FN2O2S/c1-13-3-7-17(8-4-13)25-11-20-22-16(12-26-20)10-19(24)23-18-9-15(21)6-5-14(18)2/h3-9,12H,10-11H2,1-2H3,(H,23,24). The lowest BCUT2D eigenvalue weighted by Crippen LogP contribution is -2.15. The van der Waals surface area contributed by atoms with Gasteiger partial charge >= 0.3 is 0 Å². The number of thiazole rings is 1. The van der Waals surface area contributed by atoms with Crippen molar-refractivity contribution < 1.29 is 13.9 Å². The second kappa shape index (κ2) is 8.10. The van der Waals surface area contributed by atoms with E-state index in [4.69, 9.17) is 4.74 Å². The van der Waals surface area contributed by atoms with Gasteiger partial charge in [0.25, 0.3) is 0 Å². The number of aryl methyl sites for hydroxylation is 2. The van der Waals surface area contributed by atoms with Gasteiger partial charge in [0.2, 0.25) is 5.91 Å². The lowest BCUT2D eigenvalue weighted by atomic mass is 10.2. The Kier molecular flexibility index (Phi) is 5.63. The Morgan fingerprint density at radius 1 is 1.19 bits per heavy atom. The number of aromatic nitrogens is 1. The molecule has 26 heavy (non-hydrogen) atoms. The molecule has 0 unspecified atom stereocenters. The topological polar surface area (TPSA) is 51.2 Å². The maximum atomic E-state index is 13.3. The summed E-state index contributed by atoms with van der Waals surface area (Å²) < 4.78 is 19.0. The van der Waals surface area contributed by atoms with E-state index >= 15 is 0 Å². The van der Waals surface area contributed by atoms with Crippen molar-refractivity contribution >= 4 is 22.9 Å². The average molecular weight is 370 g/mol. The highest BCUT2D eigenvalue weighted by Crippen LogP contribution is 2.18. The van der Waals surface area contributed by atoms with Crippen LogP contribution in [0.1, 0.15) is 21.8 Å². The van der Waals surface area contributed by atoms with Crippen molar-refractivity contribution in [1.29, 1.82) is 0 Å². The van der Waals surface area contributed by atoms with Crippen LogP contribution >= 0.6 is 11.3 Å². The summed E-state index contributed by atoms with van der Waals surface area (Å²) in [6.45, 7) is 4.20. The molecule has 1 amide bonds. The van der Waals surface area contributed by atoms with Crippen molar-refractivity contribution in [2.75, 3.05) is 5.32 Å². The fourth-order valence-electron chi connectivity index (χ4n) is 2.36. The number of carbonyl (C=O) groups excluding carboxylic acids is 1. The third-order valence-electron chi connectivity index (χ3n) is 3.80. The van der Waals surface area contributed by atoms with Crippen LogP contribution in [0.25, 0.3) is 0 Å². The Hall–Kier alpha value is -2.73. The van der Waals surface area contributed by atoms with E-state index in [1.807, 2.05) is 43.5 Å². The Bertz CT molecular complexity index is 906. The maximum absolute atomic E-state index is 13.3.